The molecule has 3 aliphatic rings. The summed E-state index contributed by atoms with van der Waals surface area (Å²) in [5, 5.41) is 0. The van der Waals surface area contributed by atoms with Gasteiger partial charge in [-0.1, -0.05) is 17.7 Å². The lowest BCUT2D eigenvalue weighted by atomic mass is 9.96. The van der Waals surface area contributed by atoms with Crippen molar-refractivity contribution in [1.82, 2.24) is 9.80 Å². The van der Waals surface area contributed by atoms with Crippen LogP contribution in [0, 0.1) is 18.7 Å². The molecule has 3 fully saturated rings. The molecule has 2 aromatic carbocycles. The second-order valence-electron chi connectivity index (χ2n) is 10.8. The van der Waals surface area contributed by atoms with Gasteiger partial charge < -0.3 is 9.64 Å². The first kappa shape index (κ1) is 26.0. The minimum absolute atomic E-state index is 0.138. The van der Waals surface area contributed by atoms with Gasteiger partial charge in [0.15, 0.2) is 0 Å². The summed E-state index contributed by atoms with van der Waals surface area (Å²) in [7, 11) is 0. The summed E-state index contributed by atoms with van der Waals surface area (Å²) in [6, 6.07) is 7.38. The minimum atomic E-state index is -4.36. The molecule has 0 atom stereocenters. The number of nitrogens with zero attached hydrogens (tertiary/aromatic N) is 2. The first-order valence-electron chi connectivity index (χ1n) is 13.3. The van der Waals surface area contributed by atoms with Gasteiger partial charge in [0, 0.05) is 25.7 Å². The van der Waals surface area contributed by atoms with Gasteiger partial charge in [-0.3, -0.25) is 9.69 Å². The van der Waals surface area contributed by atoms with Crippen molar-refractivity contribution in [3.63, 3.8) is 0 Å². The number of likely N-dealkylation sites (tertiary alicyclic amines) is 2. The van der Waals surface area contributed by atoms with Gasteiger partial charge in [-0.15, -0.1) is 0 Å². The third kappa shape index (κ3) is 6.11. The fraction of sp³-hybridized carbons (Fsp3) is 0.552. The number of carbonyl (C=O) groups excluding carboxylic acids is 1. The molecule has 0 bridgehead atoms. The zero-order chi connectivity index (χ0) is 26.2. The summed E-state index contributed by atoms with van der Waals surface area (Å²) in [5.74, 6) is 0.300. The van der Waals surface area contributed by atoms with E-state index in [2.05, 4.69) is 4.90 Å². The van der Waals surface area contributed by atoms with E-state index in [1.807, 2.05) is 0 Å². The lowest BCUT2D eigenvalue weighted by Crippen LogP contribution is -2.35. The monoisotopic (exact) mass is 518 g/mol. The maximum Gasteiger partial charge on any atom is 0.416 e. The van der Waals surface area contributed by atoms with Crippen LogP contribution in [-0.4, -0.2) is 48.5 Å². The van der Waals surface area contributed by atoms with Crippen LogP contribution >= 0.6 is 0 Å². The van der Waals surface area contributed by atoms with E-state index in [1.54, 1.807) is 24.0 Å². The van der Waals surface area contributed by atoms with Crippen LogP contribution in [0.1, 0.15) is 77.1 Å². The van der Waals surface area contributed by atoms with Crippen LogP contribution in [0.5, 0.6) is 5.75 Å². The average molecular weight is 519 g/mol. The summed E-state index contributed by atoms with van der Waals surface area (Å²) < 4.78 is 61.4. The average Bonchev–Trinajstić information content (AvgIpc) is 3.55. The Labute approximate surface area is 215 Å². The van der Waals surface area contributed by atoms with Gasteiger partial charge in [-0.25, -0.2) is 4.39 Å². The largest absolute Gasteiger partial charge is 0.493 e. The standard InChI is InChI=1S/C29H34F4N2O2/c1-19-4-7-25(29(31,32)33)22(14-19)17-34-12-8-20(9-13-34)18-37-27-16-26(30)24(15-23(27)21-5-6-21)28(36)35-10-2-3-11-35/h4,7,14-16,20-21H,2-3,5-6,8-13,17-18H2,1H3. The lowest BCUT2D eigenvalue weighted by Gasteiger charge is -2.32. The van der Waals surface area contributed by atoms with Crippen LogP contribution in [0.15, 0.2) is 30.3 Å². The van der Waals surface area contributed by atoms with Crippen molar-refractivity contribution in [3.8, 4) is 5.75 Å². The highest BCUT2D eigenvalue weighted by Crippen LogP contribution is 2.45. The predicted molar refractivity (Wildman–Crippen MR) is 133 cm³/mol. The van der Waals surface area contributed by atoms with Crippen LogP contribution in [-0.2, 0) is 12.7 Å². The van der Waals surface area contributed by atoms with Gasteiger partial charge in [-0.2, -0.15) is 13.2 Å². The summed E-state index contributed by atoms with van der Waals surface area (Å²) in [5.41, 5.74) is 1.62. The summed E-state index contributed by atoms with van der Waals surface area (Å²) in [4.78, 5) is 16.6. The number of piperidine rings is 1. The third-order valence-corrected chi connectivity index (χ3v) is 7.88. The van der Waals surface area contributed by atoms with E-state index in [4.69, 9.17) is 4.74 Å². The molecule has 4 nitrogen and oxygen atoms in total. The van der Waals surface area contributed by atoms with E-state index in [0.29, 0.717) is 50.0 Å². The van der Waals surface area contributed by atoms with Crippen molar-refractivity contribution < 1.29 is 27.1 Å². The van der Waals surface area contributed by atoms with Crippen LogP contribution in [0.4, 0.5) is 17.6 Å². The molecule has 8 heteroatoms. The first-order valence-corrected chi connectivity index (χ1v) is 13.3. The molecule has 2 aliphatic heterocycles. The zero-order valence-corrected chi connectivity index (χ0v) is 21.2. The molecule has 5 rings (SSSR count). The molecule has 0 radical (unpaired) electrons. The molecular formula is C29H34F4N2O2. The highest BCUT2D eigenvalue weighted by Gasteiger charge is 2.34. The quantitative estimate of drug-likeness (QED) is 0.390. The van der Waals surface area contributed by atoms with E-state index < -0.39 is 17.6 Å². The Hall–Kier alpha value is -2.61. The van der Waals surface area contributed by atoms with E-state index >= 15 is 0 Å². The van der Waals surface area contributed by atoms with Gasteiger partial charge in [0.2, 0.25) is 0 Å². The number of hydrogen-bond donors (Lipinski definition) is 0. The summed E-state index contributed by atoms with van der Waals surface area (Å²) in [6.07, 6.45) is 1.18. The molecule has 1 saturated carbocycles. The topological polar surface area (TPSA) is 32.8 Å². The third-order valence-electron chi connectivity index (χ3n) is 7.88. The zero-order valence-electron chi connectivity index (χ0n) is 21.2. The number of halogens is 4. The Morgan fingerprint density at radius 3 is 2.35 bits per heavy atom. The Balaban J connectivity index is 1.19. The van der Waals surface area contributed by atoms with Crippen molar-refractivity contribution in [3.05, 3.63) is 64.0 Å². The van der Waals surface area contributed by atoms with Gasteiger partial charge >= 0.3 is 6.18 Å². The predicted octanol–water partition coefficient (Wildman–Crippen LogP) is 6.56. The Kier molecular flexibility index (Phi) is 7.48. The molecular weight excluding hydrogens is 484 g/mol. The van der Waals surface area contributed by atoms with E-state index in [1.165, 1.54) is 18.2 Å². The van der Waals surface area contributed by atoms with Crippen molar-refractivity contribution in [1.29, 1.82) is 0 Å². The van der Waals surface area contributed by atoms with Crippen LogP contribution in [0.2, 0.25) is 0 Å². The van der Waals surface area contributed by atoms with Crippen molar-refractivity contribution in [2.24, 2.45) is 5.92 Å². The molecule has 2 heterocycles. The molecule has 0 aromatic heterocycles. The SMILES string of the molecule is Cc1ccc(C(F)(F)F)c(CN2CCC(COc3cc(F)c(C(=O)N4CCCC4)cc3C3CC3)CC2)c1. The number of ether oxygens (including phenoxy) is 1. The lowest BCUT2D eigenvalue weighted by molar-refractivity contribution is -0.138. The molecule has 0 N–H and O–H groups in total. The Morgan fingerprint density at radius 1 is 1.00 bits per heavy atom. The van der Waals surface area contributed by atoms with Crippen molar-refractivity contribution >= 4 is 5.91 Å². The smallest absolute Gasteiger partial charge is 0.416 e. The van der Waals surface area contributed by atoms with E-state index in [0.717, 1.165) is 49.7 Å². The van der Waals surface area contributed by atoms with Crippen molar-refractivity contribution in [2.45, 2.75) is 64.1 Å². The molecule has 2 saturated heterocycles. The van der Waals surface area contributed by atoms with Gasteiger partial charge in [0.1, 0.15) is 11.6 Å². The number of alkyl halides is 3. The number of aryl methyl sites for hydroxylation is 1. The van der Waals surface area contributed by atoms with Gasteiger partial charge in [0.25, 0.3) is 5.91 Å². The highest BCUT2D eigenvalue weighted by atomic mass is 19.4. The molecule has 200 valence electrons. The number of amides is 1. The van der Waals surface area contributed by atoms with E-state index in [9.17, 15) is 22.4 Å². The summed E-state index contributed by atoms with van der Waals surface area (Å²) in [6.45, 7) is 5.24. The number of benzene rings is 2. The molecule has 1 amide bonds. The highest BCUT2D eigenvalue weighted by molar-refractivity contribution is 5.95. The van der Waals surface area contributed by atoms with Gasteiger partial charge in [-0.05, 0) is 93.6 Å². The van der Waals surface area contributed by atoms with Gasteiger partial charge in [0.05, 0.1) is 17.7 Å². The van der Waals surface area contributed by atoms with Crippen LogP contribution < -0.4 is 4.74 Å². The number of rotatable bonds is 7. The minimum Gasteiger partial charge on any atom is -0.493 e. The summed E-state index contributed by atoms with van der Waals surface area (Å²) >= 11 is 0. The fourth-order valence-corrected chi connectivity index (χ4v) is 5.55. The van der Waals surface area contributed by atoms with Crippen LogP contribution in [0.3, 0.4) is 0 Å². The Bertz CT molecular complexity index is 1130. The molecule has 37 heavy (non-hydrogen) atoms. The Morgan fingerprint density at radius 2 is 1.70 bits per heavy atom. The van der Waals surface area contributed by atoms with Crippen LogP contribution in [0.25, 0.3) is 0 Å². The maximum absolute atomic E-state index is 15.0. The number of hydrogen-bond acceptors (Lipinski definition) is 3. The molecule has 2 aromatic rings. The molecule has 0 spiro atoms. The number of carbonyl (C=O) groups is 1. The maximum atomic E-state index is 15.0. The second-order valence-corrected chi connectivity index (χ2v) is 10.8. The molecule has 1 aliphatic carbocycles. The first-order chi connectivity index (χ1) is 17.7. The molecule has 0 unspecified atom stereocenters. The van der Waals surface area contributed by atoms with E-state index in [-0.39, 0.29) is 23.9 Å². The fourth-order valence-electron chi connectivity index (χ4n) is 5.55. The van der Waals surface area contributed by atoms with Crippen molar-refractivity contribution in [2.75, 3.05) is 32.8 Å². The second kappa shape index (κ2) is 10.6. The normalized spacial score (nSPS) is 19.4.